The Hall–Kier alpha value is -3.12. The van der Waals surface area contributed by atoms with E-state index in [2.05, 4.69) is 109 Å². The van der Waals surface area contributed by atoms with Crippen LogP contribution in [0.15, 0.2) is 109 Å². The fourth-order valence-corrected chi connectivity index (χ4v) is 3.13. The Morgan fingerprint density at radius 1 is 0.360 bits per heavy atom. The average Bonchev–Trinajstić information content (AvgIpc) is 2.71. The molecular formula is C25H22. The molecular weight excluding hydrogens is 300 g/mol. The highest BCUT2D eigenvalue weighted by molar-refractivity contribution is 5.64. The van der Waals surface area contributed by atoms with Gasteiger partial charge in [0, 0.05) is 1.43 Å². The smallest absolute Gasteiger partial charge is 0 e. The van der Waals surface area contributed by atoms with E-state index < -0.39 is 0 Å². The largest absolute Gasteiger partial charge is 0.0622 e. The quantitative estimate of drug-likeness (QED) is 0.385. The van der Waals surface area contributed by atoms with Crippen molar-refractivity contribution in [3.05, 3.63) is 120 Å². The normalized spacial score (nSPS) is 10.6. The Labute approximate surface area is 150 Å². The van der Waals surface area contributed by atoms with Gasteiger partial charge in [-0.15, -0.1) is 0 Å². The third-order valence-corrected chi connectivity index (χ3v) is 4.53. The van der Waals surface area contributed by atoms with Crippen LogP contribution in [0.4, 0.5) is 0 Å². The van der Waals surface area contributed by atoms with E-state index in [-0.39, 0.29) is 1.43 Å². The van der Waals surface area contributed by atoms with Crippen molar-refractivity contribution in [1.29, 1.82) is 0 Å². The van der Waals surface area contributed by atoms with Crippen LogP contribution in [0.25, 0.3) is 22.3 Å². The van der Waals surface area contributed by atoms with Crippen molar-refractivity contribution in [2.45, 2.75) is 6.42 Å². The van der Waals surface area contributed by atoms with Crippen LogP contribution >= 0.6 is 0 Å². The summed E-state index contributed by atoms with van der Waals surface area (Å²) in [7, 11) is 0. The SMILES string of the molecule is [HH].c1ccc(-c2ccc(Cc3ccc(-c4ccccc4)cc3)cc2)cc1. The first-order valence-electron chi connectivity index (χ1n) is 8.67. The highest BCUT2D eigenvalue weighted by Gasteiger charge is 2.01. The molecule has 0 bridgehead atoms. The third kappa shape index (κ3) is 3.70. The van der Waals surface area contributed by atoms with Crippen LogP contribution in [-0.4, -0.2) is 0 Å². The van der Waals surface area contributed by atoms with Crippen LogP contribution in [0, 0.1) is 0 Å². The second-order valence-electron chi connectivity index (χ2n) is 6.30. The summed E-state index contributed by atoms with van der Waals surface area (Å²) >= 11 is 0. The lowest BCUT2D eigenvalue weighted by atomic mass is 9.98. The number of rotatable bonds is 4. The molecule has 0 radical (unpaired) electrons. The summed E-state index contributed by atoms with van der Waals surface area (Å²) in [6.07, 6.45) is 0.962. The highest BCUT2D eigenvalue weighted by Crippen LogP contribution is 2.22. The molecule has 0 N–H and O–H groups in total. The molecule has 0 spiro atoms. The summed E-state index contributed by atoms with van der Waals surface area (Å²) in [5.74, 6) is 0. The van der Waals surface area contributed by atoms with Gasteiger partial charge in [0.2, 0.25) is 0 Å². The lowest BCUT2D eigenvalue weighted by molar-refractivity contribution is 1.19. The fraction of sp³-hybridized carbons (Fsp3) is 0.0400. The Kier molecular flexibility index (Phi) is 4.43. The predicted octanol–water partition coefficient (Wildman–Crippen LogP) is 6.86. The molecule has 0 unspecified atom stereocenters. The van der Waals surface area contributed by atoms with E-state index in [4.69, 9.17) is 0 Å². The topological polar surface area (TPSA) is 0 Å². The second-order valence-corrected chi connectivity index (χ2v) is 6.30. The molecule has 25 heavy (non-hydrogen) atoms. The van der Waals surface area contributed by atoms with E-state index in [1.165, 1.54) is 33.4 Å². The van der Waals surface area contributed by atoms with Gasteiger partial charge in [0.1, 0.15) is 0 Å². The number of benzene rings is 4. The third-order valence-electron chi connectivity index (χ3n) is 4.53. The van der Waals surface area contributed by atoms with Crippen molar-refractivity contribution < 1.29 is 1.43 Å². The summed E-state index contributed by atoms with van der Waals surface area (Å²) in [5, 5.41) is 0. The molecule has 0 aliphatic heterocycles. The molecule has 0 aliphatic carbocycles. The summed E-state index contributed by atoms with van der Waals surface area (Å²) < 4.78 is 0. The van der Waals surface area contributed by atoms with E-state index >= 15 is 0 Å². The van der Waals surface area contributed by atoms with Crippen molar-refractivity contribution in [2.75, 3.05) is 0 Å². The molecule has 0 nitrogen and oxygen atoms in total. The summed E-state index contributed by atoms with van der Waals surface area (Å²) in [6, 6.07) is 38.8. The summed E-state index contributed by atoms with van der Waals surface area (Å²) in [4.78, 5) is 0. The zero-order valence-electron chi connectivity index (χ0n) is 14.1. The first-order valence-corrected chi connectivity index (χ1v) is 8.67. The maximum absolute atomic E-state index is 2.23. The van der Waals surface area contributed by atoms with E-state index in [1.54, 1.807) is 0 Å². The van der Waals surface area contributed by atoms with Crippen LogP contribution in [0.2, 0.25) is 0 Å². The van der Waals surface area contributed by atoms with Gasteiger partial charge < -0.3 is 0 Å². The monoisotopic (exact) mass is 322 g/mol. The average molecular weight is 322 g/mol. The Balaban J connectivity index is 0.00000196. The minimum absolute atomic E-state index is 0. The van der Waals surface area contributed by atoms with Gasteiger partial charge in [-0.1, -0.05) is 109 Å². The molecule has 0 aromatic heterocycles. The molecule has 0 fully saturated rings. The van der Waals surface area contributed by atoms with Gasteiger partial charge in [-0.2, -0.15) is 0 Å². The molecule has 0 heteroatoms. The van der Waals surface area contributed by atoms with Gasteiger partial charge in [-0.3, -0.25) is 0 Å². The zero-order valence-corrected chi connectivity index (χ0v) is 14.1. The number of hydrogen-bond acceptors (Lipinski definition) is 0. The molecule has 122 valence electrons. The van der Waals surface area contributed by atoms with Gasteiger partial charge in [0.15, 0.2) is 0 Å². The van der Waals surface area contributed by atoms with Crippen LogP contribution in [-0.2, 0) is 6.42 Å². The summed E-state index contributed by atoms with van der Waals surface area (Å²) in [6.45, 7) is 0. The molecule has 0 aliphatic rings. The molecule has 4 aromatic carbocycles. The molecule has 0 amide bonds. The maximum atomic E-state index is 2.23. The standard InChI is InChI=1S/C25H20.H2/c1-3-7-22(8-4-1)24-15-11-20(12-16-24)19-21-13-17-25(18-14-21)23-9-5-2-6-10-23;/h1-18H,19H2;1H. The highest BCUT2D eigenvalue weighted by atomic mass is 14.1. The van der Waals surface area contributed by atoms with Crippen molar-refractivity contribution in [2.24, 2.45) is 0 Å². The van der Waals surface area contributed by atoms with Crippen LogP contribution in [0.5, 0.6) is 0 Å². The van der Waals surface area contributed by atoms with E-state index in [1.807, 2.05) is 0 Å². The van der Waals surface area contributed by atoms with Gasteiger partial charge >= 0.3 is 0 Å². The molecule has 4 rings (SSSR count). The van der Waals surface area contributed by atoms with Crippen molar-refractivity contribution in [1.82, 2.24) is 0 Å². The van der Waals surface area contributed by atoms with E-state index in [9.17, 15) is 0 Å². The lowest BCUT2D eigenvalue weighted by Crippen LogP contribution is -1.88. The lowest BCUT2D eigenvalue weighted by Gasteiger charge is -2.07. The maximum Gasteiger partial charge on any atom is 0 e. The van der Waals surface area contributed by atoms with Crippen molar-refractivity contribution in [3.8, 4) is 22.3 Å². The minimum atomic E-state index is 0. The molecule has 0 heterocycles. The van der Waals surface area contributed by atoms with Crippen molar-refractivity contribution >= 4 is 0 Å². The Morgan fingerprint density at radius 3 is 1.04 bits per heavy atom. The first-order chi connectivity index (χ1) is 12.4. The van der Waals surface area contributed by atoms with Gasteiger partial charge in [0.05, 0.1) is 0 Å². The molecule has 0 saturated heterocycles. The van der Waals surface area contributed by atoms with Crippen molar-refractivity contribution in [3.63, 3.8) is 0 Å². The minimum Gasteiger partial charge on any atom is -0.0622 e. The van der Waals surface area contributed by atoms with Crippen LogP contribution in [0.3, 0.4) is 0 Å². The Bertz CT molecular complexity index is 844. The van der Waals surface area contributed by atoms with E-state index in [0.717, 1.165) is 6.42 Å². The predicted molar refractivity (Wildman–Crippen MR) is 109 cm³/mol. The van der Waals surface area contributed by atoms with Gasteiger partial charge in [-0.05, 0) is 39.8 Å². The molecule has 0 atom stereocenters. The molecule has 0 saturated carbocycles. The van der Waals surface area contributed by atoms with E-state index in [0.29, 0.717) is 0 Å². The van der Waals surface area contributed by atoms with Gasteiger partial charge in [0.25, 0.3) is 0 Å². The number of hydrogen-bond donors (Lipinski definition) is 0. The summed E-state index contributed by atoms with van der Waals surface area (Å²) in [5.41, 5.74) is 7.74. The fourth-order valence-electron chi connectivity index (χ4n) is 3.13. The Morgan fingerprint density at radius 2 is 0.680 bits per heavy atom. The van der Waals surface area contributed by atoms with Gasteiger partial charge in [-0.25, -0.2) is 0 Å². The first kappa shape index (κ1) is 15.4. The zero-order chi connectivity index (χ0) is 16.9. The molecule has 4 aromatic rings. The van der Waals surface area contributed by atoms with Crippen LogP contribution < -0.4 is 0 Å². The van der Waals surface area contributed by atoms with Crippen LogP contribution in [0.1, 0.15) is 12.6 Å². The second kappa shape index (κ2) is 7.19.